The predicted octanol–water partition coefficient (Wildman–Crippen LogP) is 3.55. The number of aryl methyl sites for hydroxylation is 2. The molecule has 0 spiro atoms. The average molecular weight is 265 g/mol. The maximum Gasteiger partial charge on any atom is 0.0492 e. The Kier molecular flexibility index (Phi) is 7.14. The van der Waals surface area contributed by atoms with Crippen molar-refractivity contribution in [2.75, 3.05) is 13.1 Å². The van der Waals surface area contributed by atoms with Crippen LogP contribution >= 0.6 is 0 Å². The number of hydrogen-bond acceptors (Lipinski definition) is 2. The van der Waals surface area contributed by atoms with Gasteiger partial charge in [0.05, 0.1) is 0 Å². The molecule has 0 fully saturated rings. The van der Waals surface area contributed by atoms with Crippen LogP contribution < -0.4 is 5.32 Å². The monoisotopic (exact) mass is 265 g/mol. The zero-order chi connectivity index (χ0) is 14.1. The number of rotatable bonds is 10. The standard InChI is InChI=1S/C16H31N3/c1-5-8-11-16(6-2,14-17-7-3)12-9-15-10-13-18-19(15)4/h10,13,17H,5-9,11-12,14H2,1-4H3. The van der Waals surface area contributed by atoms with Crippen LogP contribution in [0, 0.1) is 5.41 Å². The first-order chi connectivity index (χ1) is 9.17. The van der Waals surface area contributed by atoms with Crippen molar-refractivity contribution >= 4 is 0 Å². The topological polar surface area (TPSA) is 29.9 Å². The van der Waals surface area contributed by atoms with Gasteiger partial charge < -0.3 is 5.32 Å². The summed E-state index contributed by atoms with van der Waals surface area (Å²) < 4.78 is 2.01. The molecule has 1 N–H and O–H groups in total. The molecule has 0 aliphatic heterocycles. The van der Waals surface area contributed by atoms with Crippen LogP contribution in [-0.4, -0.2) is 22.9 Å². The van der Waals surface area contributed by atoms with E-state index in [4.69, 9.17) is 0 Å². The third-order valence-electron chi connectivity index (χ3n) is 4.39. The molecule has 19 heavy (non-hydrogen) atoms. The molecule has 1 rings (SSSR count). The lowest BCUT2D eigenvalue weighted by Gasteiger charge is -2.33. The van der Waals surface area contributed by atoms with Gasteiger partial charge in [-0.3, -0.25) is 4.68 Å². The van der Waals surface area contributed by atoms with Crippen LogP contribution in [0.1, 0.15) is 58.6 Å². The number of hydrogen-bond donors (Lipinski definition) is 1. The van der Waals surface area contributed by atoms with E-state index in [1.165, 1.54) is 37.8 Å². The van der Waals surface area contributed by atoms with E-state index in [2.05, 4.69) is 37.3 Å². The normalized spacial score (nSPS) is 14.5. The molecule has 0 radical (unpaired) electrons. The van der Waals surface area contributed by atoms with Crippen molar-refractivity contribution in [2.45, 2.75) is 59.3 Å². The Labute approximate surface area is 118 Å². The highest BCUT2D eigenvalue weighted by Gasteiger charge is 2.27. The molecule has 1 atom stereocenters. The number of nitrogens with one attached hydrogen (secondary N) is 1. The van der Waals surface area contributed by atoms with Gasteiger partial charge in [0.2, 0.25) is 0 Å². The number of nitrogens with zero attached hydrogens (tertiary/aromatic N) is 2. The van der Waals surface area contributed by atoms with Crippen molar-refractivity contribution < 1.29 is 0 Å². The van der Waals surface area contributed by atoms with E-state index in [1.807, 2.05) is 17.9 Å². The third kappa shape index (κ3) is 4.98. The fourth-order valence-corrected chi connectivity index (χ4v) is 2.76. The fraction of sp³-hybridized carbons (Fsp3) is 0.812. The van der Waals surface area contributed by atoms with Gasteiger partial charge in [-0.05, 0) is 43.7 Å². The molecule has 3 nitrogen and oxygen atoms in total. The Morgan fingerprint density at radius 3 is 2.58 bits per heavy atom. The van der Waals surface area contributed by atoms with Crippen molar-refractivity contribution in [3.63, 3.8) is 0 Å². The summed E-state index contributed by atoms with van der Waals surface area (Å²) in [6.45, 7) is 9.05. The van der Waals surface area contributed by atoms with Crippen molar-refractivity contribution in [3.05, 3.63) is 18.0 Å². The van der Waals surface area contributed by atoms with Crippen molar-refractivity contribution in [1.82, 2.24) is 15.1 Å². The van der Waals surface area contributed by atoms with Gasteiger partial charge in [0.25, 0.3) is 0 Å². The molecular weight excluding hydrogens is 234 g/mol. The quantitative estimate of drug-likeness (QED) is 0.701. The molecule has 0 amide bonds. The van der Waals surface area contributed by atoms with Crippen LogP contribution in [0.3, 0.4) is 0 Å². The van der Waals surface area contributed by atoms with E-state index in [-0.39, 0.29) is 0 Å². The van der Waals surface area contributed by atoms with E-state index >= 15 is 0 Å². The van der Waals surface area contributed by atoms with Crippen LogP contribution in [0.15, 0.2) is 12.3 Å². The maximum absolute atomic E-state index is 4.27. The van der Waals surface area contributed by atoms with Crippen LogP contribution in [0.2, 0.25) is 0 Å². The summed E-state index contributed by atoms with van der Waals surface area (Å²) in [7, 11) is 2.04. The van der Waals surface area contributed by atoms with E-state index in [0.29, 0.717) is 5.41 Å². The summed E-state index contributed by atoms with van der Waals surface area (Å²) in [5.41, 5.74) is 1.81. The molecule has 0 saturated carbocycles. The van der Waals surface area contributed by atoms with Gasteiger partial charge in [-0.1, -0.05) is 33.6 Å². The lowest BCUT2D eigenvalue weighted by molar-refractivity contribution is 0.212. The van der Waals surface area contributed by atoms with E-state index in [9.17, 15) is 0 Å². The van der Waals surface area contributed by atoms with Gasteiger partial charge in [-0.2, -0.15) is 5.10 Å². The van der Waals surface area contributed by atoms with Crippen LogP contribution in [0.25, 0.3) is 0 Å². The molecule has 0 aliphatic carbocycles. The van der Waals surface area contributed by atoms with E-state index in [0.717, 1.165) is 19.5 Å². The fourth-order valence-electron chi connectivity index (χ4n) is 2.76. The van der Waals surface area contributed by atoms with Gasteiger partial charge in [0, 0.05) is 25.5 Å². The summed E-state index contributed by atoms with van der Waals surface area (Å²) in [6, 6.07) is 2.15. The lowest BCUT2D eigenvalue weighted by Crippen LogP contribution is -2.34. The summed E-state index contributed by atoms with van der Waals surface area (Å²) >= 11 is 0. The Morgan fingerprint density at radius 1 is 1.26 bits per heavy atom. The van der Waals surface area contributed by atoms with E-state index in [1.54, 1.807) is 0 Å². The molecule has 1 aromatic rings. The highest BCUT2D eigenvalue weighted by Crippen LogP contribution is 2.33. The molecule has 3 heteroatoms. The molecule has 110 valence electrons. The summed E-state index contributed by atoms with van der Waals surface area (Å²) in [6.07, 6.45) is 9.53. The molecule has 0 saturated heterocycles. The summed E-state index contributed by atoms with van der Waals surface area (Å²) in [5, 5.41) is 7.84. The van der Waals surface area contributed by atoms with Gasteiger partial charge in [-0.25, -0.2) is 0 Å². The Hall–Kier alpha value is -0.830. The lowest BCUT2D eigenvalue weighted by atomic mass is 9.76. The predicted molar refractivity (Wildman–Crippen MR) is 82.3 cm³/mol. The van der Waals surface area contributed by atoms with E-state index < -0.39 is 0 Å². The number of unbranched alkanes of at least 4 members (excludes halogenated alkanes) is 1. The van der Waals surface area contributed by atoms with Crippen molar-refractivity contribution in [1.29, 1.82) is 0 Å². The van der Waals surface area contributed by atoms with Crippen LogP contribution in [-0.2, 0) is 13.5 Å². The SMILES string of the molecule is CCCCC(CC)(CCc1ccnn1C)CNCC. The Balaban J connectivity index is 2.63. The molecule has 1 aromatic heterocycles. The first-order valence-corrected chi connectivity index (χ1v) is 7.85. The summed E-state index contributed by atoms with van der Waals surface area (Å²) in [4.78, 5) is 0. The first kappa shape index (κ1) is 16.2. The minimum Gasteiger partial charge on any atom is -0.316 e. The summed E-state index contributed by atoms with van der Waals surface area (Å²) in [5.74, 6) is 0. The Bertz CT molecular complexity index is 336. The smallest absolute Gasteiger partial charge is 0.0492 e. The maximum atomic E-state index is 4.27. The molecule has 0 aliphatic rings. The highest BCUT2D eigenvalue weighted by molar-refractivity contribution is 5.01. The molecule has 1 heterocycles. The van der Waals surface area contributed by atoms with Gasteiger partial charge >= 0.3 is 0 Å². The second-order valence-electron chi connectivity index (χ2n) is 5.68. The minimum atomic E-state index is 0.455. The van der Waals surface area contributed by atoms with Crippen molar-refractivity contribution in [2.24, 2.45) is 12.5 Å². The second-order valence-corrected chi connectivity index (χ2v) is 5.68. The van der Waals surface area contributed by atoms with Gasteiger partial charge in [0.15, 0.2) is 0 Å². The Morgan fingerprint density at radius 2 is 2.05 bits per heavy atom. The molecule has 0 aromatic carbocycles. The largest absolute Gasteiger partial charge is 0.316 e. The van der Waals surface area contributed by atoms with Crippen molar-refractivity contribution in [3.8, 4) is 0 Å². The number of aromatic nitrogens is 2. The van der Waals surface area contributed by atoms with Gasteiger partial charge in [0.1, 0.15) is 0 Å². The molecule has 1 unspecified atom stereocenters. The zero-order valence-electron chi connectivity index (χ0n) is 13.2. The molecule has 0 bridgehead atoms. The average Bonchev–Trinajstić information content (AvgIpc) is 2.84. The minimum absolute atomic E-state index is 0.455. The molecular formula is C16H31N3. The highest BCUT2D eigenvalue weighted by atomic mass is 15.2. The van der Waals surface area contributed by atoms with Gasteiger partial charge in [-0.15, -0.1) is 0 Å². The second kappa shape index (κ2) is 8.36. The van der Waals surface area contributed by atoms with Crippen LogP contribution in [0.4, 0.5) is 0 Å². The first-order valence-electron chi connectivity index (χ1n) is 7.85. The zero-order valence-corrected chi connectivity index (χ0v) is 13.2. The van der Waals surface area contributed by atoms with Crippen LogP contribution in [0.5, 0.6) is 0 Å². The third-order valence-corrected chi connectivity index (χ3v) is 4.39.